The van der Waals surface area contributed by atoms with Crippen LogP contribution in [0.1, 0.15) is 12.8 Å². The summed E-state index contributed by atoms with van der Waals surface area (Å²) in [6.07, 6.45) is 0.977. The summed E-state index contributed by atoms with van der Waals surface area (Å²) in [6.45, 7) is 0.461. The fraction of sp³-hybridized carbons (Fsp3) is 0.222. The number of anilines is 1. The molecule has 1 heterocycles. The van der Waals surface area contributed by atoms with Crippen molar-refractivity contribution in [3.63, 3.8) is 0 Å². The van der Waals surface area contributed by atoms with E-state index in [0.29, 0.717) is 31.0 Å². The molecule has 3 aromatic rings. The number of nitrogens with one attached hydrogen (secondary N) is 2. The highest BCUT2D eigenvalue weighted by Crippen LogP contribution is 2.19. The number of ether oxygens (including phenoxy) is 2. The van der Waals surface area contributed by atoms with Crippen molar-refractivity contribution in [1.82, 2.24) is 20.6 Å². The summed E-state index contributed by atoms with van der Waals surface area (Å²) in [4.78, 5) is 12.1. The van der Waals surface area contributed by atoms with Gasteiger partial charge in [-0.15, -0.1) is 10.2 Å². The summed E-state index contributed by atoms with van der Waals surface area (Å²) in [5.41, 5.74) is 1.47. The highest BCUT2D eigenvalue weighted by atomic mass is 16.5. The molecule has 1 aromatic heterocycles. The number of methoxy groups -OCH3 is 1. The van der Waals surface area contributed by atoms with E-state index in [9.17, 15) is 4.79 Å². The average molecular weight is 353 g/mol. The molecular formula is C18H19N5O3. The van der Waals surface area contributed by atoms with Crippen LogP contribution >= 0.6 is 0 Å². The molecule has 0 radical (unpaired) electrons. The SMILES string of the molecule is COc1ccc(OCCCC(=O)Nc2cccc(-c3nn[nH]n3)c2)cc1. The molecule has 8 nitrogen and oxygen atoms in total. The van der Waals surface area contributed by atoms with Gasteiger partial charge in [0.05, 0.1) is 13.7 Å². The first kappa shape index (κ1) is 17.4. The van der Waals surface area contributed by atoms with Gasteiger partial charge in [-0.3, -0.25) is 4.79 Å². The third kappa shape index (κ3) is 4.79. The number of aromatic amines is 1. The van der Waals surface area contributed by atoms with Crippen LogP contribution in [0.15, 0.2) is 48.5 Å². The zero-order chi connectivity index (χ0) is 18.2. The van der Waals surface area contributed by atoms with Gasteiger partial charge in [0.15, 0.2) is 0 Å². The number of amides is 1. The Balaban J connectivity index is 1.43. The van der Waals surface area contributed by atoms with E-state index < -0.39 is 0 Å². The van der Waals surface area contributed by atoms with Gasteiger partial charge in [-0.2, -0.15) is 5.21 Å². The summed E-state index contributed by atoms with van der Waals surface area (Å²) in [5, 5.41) is 16.6. The first-order valence-corrected chi connectivity index (χ1v) is 8.15. The zero-order valence-corrected chi connectivity index (χ0v) is 14.3. The van der Waals surface area contributed by atoms with Crippen LogP contribution in [-0.4, -0.2) is 40.2 Å². The van der Waals surface area contributed by atoms with Crippen molar-refractivity contribution >= 4 is 11.6 Å². The molecule has 2 N–H and O–H groups in total. The Kier molecular flexibility index (Phi) is 5.76. The molecule has 0 aliphatic rings. The van der Waals surface area contributed by atoms with Crippen molar-refractivity contribution in [2.45, 2.75) is 12.8 Å². The number of nitrogens with zero attached hydrogens (tertiary/aromatic N) is 3. The van der Waals surface area contributed by atoms with E-state index in [1.165, 1.54) is 0 Å². The molecule has 0 saturated heterocycles. The highest BCUT2D eigenvalue weighted by molar-refractivity contribution is 5.91. The Bertz CT molecular complexity index is 834. The molecule has 0 spiro atoms. The predicted octanol–water partition coefficient (Wildman–Crippen LogP) is 2.67. The number of hydrogen-bond acceptors (Lipinski definition) is 6. The van der Waals surface area contributed by atoms with Gasteiger partial charge >= 0.3 is 0 Å². The third-order valence-corrected chi connectivity index (χ3v) is 3.63. The van der Waals surface area contributed by atoms with Gasteiger partial charge in [-0.25, -0.2) is 0 Å². The molecule has 134 valence electrons. The summed E-state index contributed by atoms with van der Waals surface area (Å²) >= 11 is 0. The molecule has 0 aliphatic carbocycles. The second-order valence-electron chi connectivity index (χ2n) is 5.49. The molecule has 8 heteroatoms. The first-order chi connectivity index (χ1) is 12.7. The molecule has 0 atom stereocenters. The van der Waals surface area contributed by atoms with Crippen LogP contribution in [0.4, 0.5) is 5.69 Å². The summed E-state index contributed by atoms with van der Waals surface area (Å²) in [5.74, 6) is 1.93. The van der Waals surface area contributed by atoms with Gasteiger partial charge in [-0.05, 0) is 48.0 Å². The zero-order valence-electron chi connectivity index (χ0n) is 14.3. The lowest BCUT2D eigenvalue weighted by Gasteiger charge is -2.08. The van der Waals surface area contributed by atoms with Crippen LogP contribution < -0.4 is 14.8 Å². The van der Waals surface area contributed by atoms with E-state index in [4.69, 9.17) is 9.47 Å². The molecule has 0 fully saturated rings. The van der Waals surface area contributed by atoms with Crippen molar-refractivity contribution in [2.24, 2.45) is 0 Å². The molecule has 0 unspecified atom stereocenters. The highest BCUT2D eigenvalue weighted by Gasteiger charge is 2.06. The second-order valence-corrected chi connectivity index (χ2v) is 5.49. The van der Waals surface area contributed by atoms with E-state index in [2.05, 4.69) is 25.9 Å². The van der Waals surface area contributed by atoms with Gasteiger partial charge < -0.3 is 14.8 Å². The third-order valence-electron chi connectivity index (χ3n) is 3.63. The Labute approximate surface area is 150 Å². The predicted molar refractivity (Wildman–Crippen MR) is 96.0 cm³/mol. The minimum atomic E-state index is -0.0754. The molecule has 0 saturated carbocycles. The van der Waals surface area contributed by atoms with Gasteiger partial charge in [-0.1, -0.05) is 12.1 Å². The van der Waals surface area contributed by atoms with Crippen molar-refractivity contribution in [2.75, 3.05) is 19.0 Å². The van der Waals surface area contributed by atoms with Gasteiger partial charge in [0.1, 0.15) is 11.5 Å². The maximum atomic E-state index is 12.1. The lowest BCUT2D eigenvalue weighted by atomic mass is 10.2. The molecular weight excluding hydrogens is 334 g/mol. The van der Waals surface area contributed by atoms with Crippen molar-refractivity contribution < 1.29 is 14.3 Å². The molecule has 0 aliphatic heterocycles. The number of carbonyl (C=O) groups excluding carboxylic acids is 1. The molecule has 2 aromatic carbocycles. The fourth-order valence-corrected chi connectivity index (χ4v) is 2.34. The second kappa shape index (κ2) is 8.61. The monoisotopic (exact) mass is 353 g/mol. The van der Waals surface area contributed by atoms with Crippen LogP contribution in [0.25, 0.3) is 11.4 Å². The molecule has 26 heavy (non-hydrogen) atoms. The van der Waals surface area contributed by atoms with E-state index in [-0.39, 0.29) is 5.91 Å². The maximum absolute atomic E-state index is 12.1. The van der Waals surface area contributed by atoms with Gasteiger partial charge in [0, 0.05) is 17.7 Å². The smallest absolute Gasteiger partial charge is 0.224 e. The van der Waals surface area contributed by atoms with Crippen LogP contribution in [-0.2, 0) is 4.79 Å². The van der Waals surface area contributed by atoms with Gasteiger partial charge in [0.25, 0.3) is 0 Å². The summed E-state index contributed by atoms with van der Waals surface area (Å²) in [6, 6.07) is 14.6. The molecule has 0 bridgehead atoms. The van der Waals surface area contributed by atoms with E-state index >= 15 is 0 Å². The lowest BCUT2D eigenvalue weighted by Crippen LogP contribution is -2.12. The quantitative estimate of drug-likeness (QED) is 0.604. The topological polar surface area (TPSA) is 102 Å². The number of aromatic nitrogens is 4. The van der Waals surface area contributed by atoms with Crippen molar-refractivity contribution in [1.29, 1.82) is 0 Å². The molecule has 3 rings (SSSR count). The van der Waals surface area contributed by atoms with Crippen LogP contribution in [0.2, 0.25) is 0 Å². The Morgan fingerprint density at radius 2 is 1.96 bits per heavy atom. The number of carbonyl (C=O) groups is 1. The first-order valence-electron chi connectivity index (χ1n) is 8.15. The van der Waals surface area contributed by atoms with E-state index in [1.807, 2.05) is 42.5 Å². The molecule has 1 amide bonds. The number of hydrogen-bond donors (Lipinski definition) is 2. The van der Waals surface area contributed by atoms with Crippen LogP contribution in [0.5, 0.6) is 11.5 Å². The van der Waals surface area contributed by atoms with Crippen molar-refractivity contribution in [3.05, 3.63) is 48.5 Å². The number of tetrazole rings is 1. The van der Waals surface area contributed by atoms with Crippen LogP contribution in [0.3, 0.4) is 0 Å². The maximum Gasteiger partial charge on any atom is 0.224 e. The van der Waals surface area contributed by atoms with E-state index in [1.54, 1.807) is 13.2 Å². The normalized spacial score (nSPS) is 10.3. The summed E-state index contributed by atoms with van der Waals surface area (Å²) < 4.78 is 10.7. The minimum absolute atomic E-state index is 0.0754. The summed E-state index contributed by atoms with van der Waals surface area (Å²) in [7, 11) is 1.62. The standard InChI is InChI=1S/C18H19N5O3/c1-25-15-7-9-16(10-8-15)26-11-3-6-17(24)19-14-5-2-4-13(12-14)18-20-22-23-21-18/h2,4-5,7-10,12H,3,6,11H2,1H3,(H,19,24)(H,20,21,22,23). The Morgan fingerprint density at radius 1 is 1.15 bits per heavy atom. The van der Waals surface area contributed by atoms with Crippen LogP contribution in [0, 0.1) is 0 Å². The number of benzene rings is 2. The van der Waals surface area contributed by atoms with E-state index in [0.717, 1.165) is 17.1 Å². The average Bonchev–Trinajstić information content (AvgIpc) is 3.21. The van der Waals surface area contributed by atoms with Gasteiger partial charge in [0.2, 0.25) is 11.7 Å². The fourth-order valence-electron chi connectivity index (χ4n) is 2.34. The Morgan fingerprint density at radius 3 is 2.69 bits per heavy atom. The largest absolute Gasteiger partial charge is 0.497 e. The number of H-pyrrole nitrogens is 1. The Hall–Kier alpha value is -3.42. The van der Waals surface area contributed by atoms with Crippen molar-refractivity contribution in [3.8, 4) is 22.9 Å². The minimum Gasteiger partial charge on any atom is -0.497 e. The lowest BCUT2D eigenvalue weighted by molar-refractivity contribution is -0.116. The number of rotatable bonds is 8.